The molecule has 0 spiro atoms. The number of benzene rings is 1. The Kier molecular flexibility index (Phi) is 3.00. The summed E-state index contributed by atoms with van der Waals surface area (Å²) in [5.74, 6) is 3.44. The molecule has 0 N–H and O–H groups in total. The third-order valence-corrected chi connectivity index (χ3v) is 5.34. The minimum atomic E-state index is 0.829. The number of fused-ring (bicyclic) bond motifs is 2. The smallest absolute Gasteiger partial charge is 0.0242 e. The summed E-state index contributed by atoms with van der Waals surface area (Å²) in [6.45, 7) is 9.50. The molecule has 1 aromatic rings. The van der Waals surface area contributed by atoms with E-state index >= 15 is 0 Å². The minimum Gasteiger partial charge on any atom is -0.0625 e. The summed E-state index contributed by atoms with van der Waals surface area (Å²) < 4.78 is 0. The fourth-order valence-corrected chi connectivity index (χ4v) is 3.77. The fraction of sp³-hybridized carbons (Fsp3) is 0.667. The van der Waals surface area contributed by atoms with E-state index in [0.717, 1.165) is 23.7 Å². The average Bonchev–Trinajstić information content (AvgIpc) is 2.87. The van der Waals surface area contributed by atoms with E-state index in [1.54, 1.807) is 22.3 Å². The molecular weight excluding hydrogens is 216 g/mol. The first-order chi connectivity index (χ1) is 8.54. The molecule has 2 aliphatic carbocycles. The molecule has 1 aromatic carbocycles. The third-order valence-electron chi connectivity index (χ3n) is 5.34. The first kappa shape index (κ1) is 12.3. The Morgan fingerprint density at radius 2 is 0.944 bits per heavy atom. The van der Waals surface area contributed by atoms with Crippen molar-refractivity contribution in [1.82, 2.24) is 0 Å². The summed E-state index contributed by atoms with van der Waals surface area (Å²) in [5.41, 5.74) is 6.66. The Morgan fingerprint density at radius 1 is 0.667 bits per heavy atom. The summed E-state index contributed by atoms with van der Waals surface area (Å²) in [5, 5.41) is 0. The van der Waals surface area contributed by atoms with E-state index in [0.29, 0.717) is 0 Å². The van der Waals surface area contributed by atoms with Crippen molar-refractivity contribution in [1.29, 1.82) is 0 Å². The van der Waals surface area contributed by atoms with Crippen molar-refractivity contribution in [2.75, 3.05) is 0 Å². The molecule has 0 amide bonds. The normalized spacial score (nSPS) is 19.9. The Hall–Kier alpha value is -0.780. The number of hydrogen-bond acceptors (Lipinski definition) is 0. The van der Waals surface area contributed by atoms with Crippen molar-refractivity contribution < 1.29 is 0 Å². The van der Waals surface area contributed by atoms with Crippen LogP contribution in [0.1, 0.15) is 49.9 Å². The van der Waals surface area contributed by atoms with Gasteiger partial charge in [-0.1, -0.05) is 39.8 Å². The average molecular weight is 242 g/mol. The second kappa shape index (κ2) is 4.40. The van der Waals surface area contributed by atoms with Crippen LogP contribution in [-0.4, -0.2) is 0 Å². The van der Waals surface area contributed by atoms with Crippen molar-refractivity contribution >= 4 is 0 Å². The lowest BCUT2D eigenvalue weighted by Gasteiger charge is -2.13. The SMILES string of the molecule is CC(C)C1Cc2cc3c(cc2C1)CC(C(C)C)C3. The molecule has 3 rings (SSSR count). The highest BCUT2D eigenvalue weighted by Gasteiger charge is 2.29. The maximum absolute atomic E-state index is 2.55. The van der Waals surface area contributed by atoms with Crippen LogP contribution in [0, 0.1) is 23.7 Å². The van der Waals surface area contributed by atoms with Crippen LogP contribution in [0.5, 0.6) is 0 Å². The number of rotatable bonds is 2. The van der Waals surface area contributed by atoms with Crippen LogP contribution in [0.3, 0.4) is 0 Å². The standard InChI is InChI=1S/C18H26/c1-11(2)13-5-15-9-17-7-14(12(3)4)8-18(17)10-16(15)6-13/h9-14H,5-8H2,1-4H3. The van der Waals surface area contributed by atoms with E-state index < -0.39 is 0 Å². The van der Waals surface area contributed by atoms with Crippen LogP contribution < -0.4 is 0 Å². The Labute approximate surface area is 112 Å². The van der Waals surface area contributed by atoms with Gasteiger partial charge in [0.05, 0.1) is 0 Å². The molecule has 2 aliphatic rings. The summed E-state index contributed by atoms with van der Waals surface area (Å²) in [6, 6.07) is 5.10. The van der Waals surface area contributed by atoms with E-state index in [9.17, 15) is 0 Å². The summed E-state index contributed by atoms with van der Waals surface area (Å²) in [7, 11) is 0. The molecule has 0 saturated heterocycles. The summed E-state index contributed by atoms with van der Waals surface area (Å²) in [4.78, 5) is 0. The van der Waals surface area contributed by atoms with Crippen molar-refractivity contribution in [2.45, 2.75) is 53.4 Å². The highest BCUT2D eigenvalue weighted by Crippen LogP contribution is 2.38. The maximum Gasteiger partial charge on any atom is -0.0242 e. The lowest BCUT2D eigenvalue weighted by Crippen LogP contribution is -2.08. The van der Waals surface area contributed by atoms with Gasteiger partial charge in [0.15, 0.2) is 0 Å². The van der Waals surface area contributed by atoms with Crippen LogP contribution in [0.15, 0.2) is 12.1 Å². The number of hydrogen-bond donors (Lipinski definition) is 0. The maximum atomic E-state index is 2.55. The summed E-state index contributed by atoms with van der Waals surface area (Å²) in [6.07, 6.45) is 5.30. The van der Waals surface area contributed by atoms with Crippen LogP contribution >= 0.6 is 0 Å². The lowest BCUT2D eigenvalue weighted by atomic mass is 9.92. The molecule has 0 nitrogen and oxygen atoms in total. The van der Waals surface area contributed by atoms with Gasteiger partial charge in [-0.25, -0.2) is 0 Å². The van der Waals surface area contributed by atoms with Gasteiger partial charge in [0.1, 0.15) is 0 Å². The zero-order valence-corrected chi connectivity index (χ0v) is 12.3. The van der Waals surface area contributed by atoms with E-state index in [4.69, 9.17) is 0 Å². The van der Waals surface area contributed by atoms with Gasteiger partial charge < -0.3 is 0 Å². The largest absolute Gasteiger partial charge is 0.0625 e. The van der Waals surface area contributed by atoms with Gasteiger partial charge in [0.2, 0.25) is 0 Å². The molecule has 0 bridgehead atoms. The molecule has 0 radical (unpaired) electrons. The van der Waals surface area contributed by atoms with Crippen LogP contribution in [0.25, 0.3) is 0 Å². The molecule has 18 heavy (non-hydrogen) atoms. The first-order valence-electron chi connectivity index (χ1n) is 7.68. The van der Waals surface area contributed by atoms with Crippen LogP contribution in [0.4, 0.5) is 0 Å². The van der Waals surface area contributed by atoms with Crippen LogP contribution in [-0.2, 0) is 25.7 Å². The Bertz CT molecular complexity index is 379. The molecule has 0 fully saturated rings. The molecule has 0 aromatic heterocycles. The second-order valence-electron chi connectivity index (χ2n) is 7.21. The van der Waals surface area contributed by atoms with Gasteiger partial charge in [-0.05, 0) is 71.6 Å². The van der Waals surface area contributed by atoms with Crippen molar-refractivity contribution in [2.24, 2.45) is 23.7 Å². The van der Waals surface area contributed by atoms with Crippen LogP contribution in [0.2, 0.25) is 0 Å². The third kappa shape index (κ3) is 2.00. The fourth-order valence-electron chi connectivity index (χ4n) is 3.77. The highest BCUT2D eigenvalue weighted by molar-refractivity contribution is 5.44. The van der Waals surface area contributed by atoms with E-state index in [2.05, 4.69) is 39.8 Å². The summed E-state index contributed by atoms with van der Waals surface area (Å²) >= 11 is 0. The van der Waals surface area contributed by atoms with Gasteiger partial charge in [0.25, 0.3) is 0 Å². The Morgan fingerprint density at radius 3 is 1.17 bits per heavy atom. The molecule has 0 aliphatic heterocycles. The molecule has 0 unspecified atom stereocenters. The molecule has 0 heteroatoms. The van der Waals surface area contributed by atoms with Gasteiger partial charge in [-0.2, -0.15) is 0 Å². The predicted octanol–water partition coefficient (Wildman–Crippen LogP) is 4.43. The monoisotopic (exact) mass is 242 g/mol. The highest BCUT2D eigenvalue weighted by atomic mass is 14.3. The quantitative estimate of drug-likeness (QED) is 0.720. The minimum absolute atomic E-state index is 0.829. The van der Waals surface area contributed by atoms with Crippen molar-refractivity contribution in [3.8, 4) is 0 Å². The van der Waals surface area contributed by atoms with Gasteiger partial charge >= 0.3 is 0 Å². The zero-order chi connectivity index (χ0) is 12.9. The zero-order valence-electron chi connectivity index (χ0n) is 12.3. The molecular formula is C18H26. The van der Waals surface area contributed by atoms with E-state index in [-0.39, 0.29) is 0 Å². The van der Waals surface area contributed by atoms with E-state index in [1.807, 2.05) is 0 Å². The molecule has 98 valence electrons. The second-order valence-corrected chi connectivity index (χ2v) is 7.21. The molecule has 0 atom stereocenters. The van der Waals surface area contributed by atoms with Crippen molar-refractivity contribution in [3.63, 3.8) is 0 Å². The van der Waals surface area contributed by atoms with Gasteiger partial charge in [-0.3, -0.25) is 0 Å². The molecule has 0 heterocycles. The van der Waals surface area contributed by atoms with Gasteiger partial charge in [0, 0.05) is 0 Å². The van der Waals surface area contributed by atoms with Gasteiger partial charge in [-0.15, -0.1) is 0 Å². The topological polar surface area (TPSA) is 0 Å². The van der Waals surface area contributed by atoms with Crippen molar-refractivity contribution in [3.05, 3.63) is 34.4 Å². The Balaban J connectivity index is 1.85. The predicted molar refractivity (Wildman–Crippen MR) is 77.9 cm³/mol. The lowest BCUT2D eigenvalue weighted by molar-refractivity contribution is 0.400. The van der Waals surface area contributed by atoms with E-state index in [1.165, 1.54) is 25.7 Å². The molecule has 0 saturated carbocycles. The first-order valence-corrected chi connectivity index (χ1v) is 7.68.